The summed E-state index contributed by atoms with van der Waals surface area (Å²) in [6.07, 6.45) is 8.55. The molecule has 0 aromatic carbocycles. The number of carbonyl (C=O) groups is 6. The molecule has 0 aromatic rings. The number of imide groups is 1. The zero-order valence-corrected chi connectivity index (χ0v) is 22.2. The van der Waals surface area contributed by atoms with Gasteiger partial charge in [0, 0.05) is 6.42 Å². The van der Waals surface area contributed by atoms with Crippen LogP contribution in [0.4, 0.5) is 14.4 Å². The molecule has 1 aliphatic heterocycles. The minimum atomic E-state index is -1.05. The first-order valence-corrected chi connectivity index (χ1v) is 13.7. The molecule has 7 amide bonds. The van der Waals surface area contributed by atoms with Crippen molar-refractivity contribution in [2.45, 2.75) is 46.2 Å². The molecule has 0 aliphatic carbocycles. The predicted octanol–water partition coefficient (Wildman–Crippen LogP) is 1.01. The third-order valence-corrected chi connectivity index (χ3v) is 5.07. The van der Waals surface area contributed by atoms with Gasteiger partial charge < -0.3 is 37.7 Å². The van der Waals surface area contributed by atoms with Crippen LogP contribution in [0.5, 0.6) is 0 Å². The molecular weight excluding hydrogens is 548 g/mol. The Labute approximate surface area is 231 Å². The van der Waals surface area contributed by atoms with Crippen molar-refractivity contribution in [3.05, 3.63) is 6.65 Å². The van der Waals surface area contributed by atoms with Gasteiger partial charge in [0.05, 0.1) is 0 Å². The molecule has 14 nitrogen and oxygen atoms in total. The number of hydrogen-bond donors (Lipinski definition) is 7. The van der Waals surface area contributed by atoms with Crippen molar-refractivity contribution in [3.63, 3.8) is 0 Å². The first-order valence-electron chi connectivity index (χ1n) is 9.52. The van der Waals surface area contributed by atoms with Crippen LogP contribution in [0.3, 0.4) is 0 Å². The van der Waals surface area contributed by atoms with Crippen LogP contribution in [-0.4, -0.2) is 89.5 Å². The third-order valence-electron chi connectivity index (χ3n) is 3.13. The summed E-state index contributed by atoms with van der Waals surface area (Å²) in [5.74, 6) is 1.27. The average Bonchev–Trinajstić information content (AvgIpc) is 3.12. The van der Waals surface area contributed by atoms with Crippen molar-refractivity contribution in [2.24, 2.45) is 17.2 Å². The van der Waals surface area contributed by atoms with Gasteiger partial charge in [-0.1, -0.05) is 14.9 Å². The number of thioether (sulfide) groups is 3. The Morgan fingerprint density at radius 3 is 1.78 bits per heavy atom. The maximum absolute atomic E-state index is 10.9. The van der Waals surface area contributed by atoms with E-state index in [-0.39, 0.29) is 32.8 Å². The molecule has 1 aliphatic rings. The molecule has 0 radical (unpaired) electrons. The van der Waals surface area contributed by atoms with E-state index in [1.165, 1.54) is 11.8 Å². The van der Waals surface area contributed by atoms with Gasteiger partial charge in [0.2, 0.25) is 0 Å². The molecule has 2 unspecified atom stereocenters. The van der Waals surface area contributed by atoms with Gasteiger partial charge in [-0.3, -0.25) is 10.1 Å². The van der Waals surface area contributed by atoms with Crippen LogP contribution < -0.4 is 33.2 Å². The number of rotatable bonds is 11. The molecule has 0 aromatic heterocycles. The van der Waals surface area contributed by atoms with Gasteiger partial charge in [0.1, 0.15) is 18.4 Å². The second kappa shape index (κ2) is 35.6. The fourth-order valence-electron chi connectivity index (χ4n) is 1.73. The Hall–Kier alpha value is -2.59. The molecule has 0 saturated carbocycles. The van der Waals surface area contributed by atoms with E-state index in [1.807, 2.05) is 18.8 Å². The Morgan fingerprint density at radius 2 is 1.51 bits per heavy atom. The second-order valence-electron chi connectivity index (χ2n) is 5.83. The van der Waals surface area contributed by atoms with Gasteiger partial charge in [0.15, 0.2) is 0 Å². The van der Waals surface area contributed by atoms with Gasteiger partial charge in [-0.25, -0.2) is 19.2 Å². The number of aldehydes is 1. The number of hydrogen-bond acceptors (Lipinski definition) is 9. The monoisotopic (exact) mass is 590 g/mol. The van der Waals surface area contributed by atoms with Crippen molar-refractivity contribution in [1.29, 1.82) is 0 Å². The molecule has 0 spiro atoms. The van der Waals surface area contributed by atoms with Crippen molar-refractivity contribution >= 4 is 71.5 Å². The fraction of sp³-hybridized carbons (Fsp3) is 0.650. The zero-order chi connectivity index (χ0) is 28.2. The Balaban J connectivity index is -0.0000000886. The van der Waals surface area contributed by atoms with E-state index >= 15 is 0 Å². The number of primary amides is 3. The van der Waals surface area contributed by atoms with Crippen LogP contribution in [-0.2, 0) is 19.0 Å². The molecule has 1 heterocycles. The number of carboxylic acids is 1. The standard InChI is InChI=1S/C6H12N2O3S.C6H10N2O2S.C4H8OS.CH4N2O.CO.2CH4/c1-12-3-2-4(5(9)10)8-6(7)11;1-11-3-2-4-5(9)8-6(10)7-4;1-6-4-2-3-5;2-1(3)4;1-2;;/h4H,2-3H2,1H3,(H,9,10)(H3,7,8,11);4H,2-3H2,1H3,(H2,7,8,9,10);3H,2,4H2,1H3;(H4,2,3,4);;2*1H4. The third kappa shape index (κ3) is 40.8. The van der Waals surface area contributed by atoms with E-state index in [0.29, 0.717) is 25.0 Å². The maximum atomic E-state index is 10.9. The van der Waals surface area contributed by atoms with E-state index in [1.54, 1.807) is 23.5 Å². The molecule has 1 rings (SSSR count). The zero-order valence-electron chi connectivity index (χ0n) is 19.7. The molecule has 218 valence electrons. The number of nitrogens with one attached hydrogen (secondary N) is 3. The van der Waals surface area contributed by atoms with Gasteiger partial charge in [-0.15, -0.1) is 0 Å². The number of amides is 7. The molecule has 2 atom stereocenters. The Kier molecular flexibility index (Phi) is 45.8. The topological polar surface area (TPSA) is 257 Å². The first-order chi connectivity index (χ1) is 16.5. The van der Waals surface area contributed by atoms with Crippen LogP contribution in [0.1, 0.15) is 34.1 Å². The van der Waals surface area contributed by atoms with E-state index in [2.05, 4.69) is 34.1 Å². The van der Waals surface area contributed by atoms with Gasteiger partial charge in [-0.05, 0) is 48.9 Å². The molecule has 1 saturated heterocycles. The Morgan fingerprint density at radius 1 is 1.05 bits per heavy atom. The van der Waals surface area contributed by atoms with Crippen LogP contribution >= 0.6 is 35.3 Å². The van der Waals surface area contributed by atoms with Crippen molar-refractivity contribution in [1.82, 2.24) is 16.0 Å². The van der Waals surface area contributed by atoms with E-state index in [4.69, 9.17) is 20.3 Å². The van der Waals surface area contributed by atoms with E-state index < -0.39 is 24.1 Å². The summed E-state index contributed by atoms with van der Waals surface area (Å²) in [5, 5.41) is 15.4. The summed E-state index contributed by atoms with van der Waals surface area (Å²) in [6, 6.07) is -3.19. The number of carbonyl (C=O) groups excluding carboxylic acids is 5. The minimum absolute atomic E-state index is 0. The summed E-state index contributed by atoms with van der Waals surface area (Å²) in [4.78, 5) is 60.8. The summed E-state index contributed by atoms with van der Waals surface area (Å²) >= 11 is 4.87. The average molecular weight is 591 g/mol. The first kappa shape index (κ1) is 47.6. The van der Waals surface area contributed by atoms with Crippen molar-refractivity contribution in [2.75, 3.05) is 36.0 Å². The van der Waals surface area contributed by atoms with Crippen LogP contribution in [0.15, 0.2) is 0 Å². The molecule has 0 bridgehead atoms. The second-order valence-corrected chi connectivity index (χ2v) is 8.78. The molecule has 1 fully saturated rings. The molecule has 37 heavy (non-hydrogen) atoms. The fourth-order valence-corrected chi connectivity index (χ4v) is 3.00. The van der Waals surface area contributed by atoms with Crippen LogP contribution in [0.2, 0.25) is 0 Å². The number of aliphatic carboxylic acids is 1. The van der Waals surface area contributed by atoms with E-state index in [0.717, 1.165) is 17.8 Å². The molecular formula is C20H42N6O8S3. The summed E-state index contributed by atoms with van der Waals surface area (Å²) in [7, 11) is 0. The van der Waals surface area contributed by atoms with Gasteiger partial charge >= 0.3 is 35.4 Å². The number of nitrogens with two attached hydrogens (primary N) is 3. The van der Waals surface area contributed by atoms with Gasteiger partial charge in [0.25, 0.3) is 5.91 Å². The SMILES string of the molecule is C.C.CSCCC(NC(N)=O)C(=O)O.CSCCC1NC(=O)NC1=O.CSCCC=O.NC(N)=O.[C-]#[O+]. The Bertz CT molecular complexity index is 653. The predicted molar refractivity (Wildman–Crippen MR) is 151 cm³/mol. The summed E-state index contributed by atoms with van der Waals surface area (Å²) in [5.41, 5.74) is 13.3. The van der Waals surface area contributed by atoms with Gasteiger partial charge in [-0.2, -0.15) is 35.3 Å². The summed E-state index contributed by atoms with van der Waals surface area (Å²) < 4.78 is 7.50. The normalized spacial score (nSPS) is 12.8. The van der Waals surface area contributed by atoms with Crippen LogP contribution in [0, 0.1) is 6.65 Å². The van der Waals surface area contributed by atoms with E-state index in [9.17, 15) is 24.0 Å². The van der Waals surface area contributed by atoms with Crippen molar-refractivity contribution in [3.8, 4) is 0 Å². The summed E-state index contributed by atoms with van der Waals surface area (Å²) in [6.45, 7) is 4.50. The molecule has 10 N–H and O–H groups in total. The quantitative estimate of drug-likeness (QED) is 0.0590. The number of carboxylic acid groups (broad SMARTS) is 1. The number of urea groups is 3. The molecule has 17 heteroatoms. The van der Waals surface area contributed by atoms with Crippen LogP contribution in [0.25, 0.3) is 0 Å². The van der Waals surface area contributed by atoms with Crippen molar-refractivity contribution < 1.29 is 38.5 Å².